The van der Waals surface area contributed by atoms with Crippen molar-refractivity contribution in [3.8, 4) is 0 Å². The summed E-state index contributed by atoms with van der Waals surface area (Å²) in [4.78, 5) is 8.10. The standard InChI is InChI=1S/C12H12N2O/c15-12(11-5-1-2-7-14-11)8-10-4-3-6-13-9-10/h1-7,9,12,15H,8H2. The van der Waals surface area contributed by atoms with Crippen molar-refractivity contribution in [1.82, 2.24) is 9.97 Å². The van der Waals surface area contributed by atoms with Crippen molar-refractivity contribution in [3.05, 3.63) is 60.2 Å². The first-order valence-electron chi connectivity index (χ1n) is 4.84. The van der Waals surface area contributed by atoms with Crippen molar-refractivity contribution >= 4 is 0 Å². The Bertz CT molecular complexity index is 402. The van der Waals surface area contributed by atoms with Gasteiger partial charge in [-0.05, 0) is 23.8 Å². The van der Waals surface area contributed by atoms with Crippen molar-refractivity contribution in [3.63, 3.8) is 0 Å². The normalized spacial score (nSPS) is 12.3. The Kier molecular flexibility index (Phi) is 3.05. The van der Waals surface area contributed by atoms with Crippen LogP contribution in [0, 0.1) is 0 Å². The van der Waals surface area contributed by atoms with E-state index in [9.17, 15) is 5.11 Å². The fourth-order valence-corrected chi connectivity index (χ4v) is 1.42. The Hall–Kier alpha value is -1.74. The topological polar surface area (TPSA) is 46.0 Å². The average molecular weight is 200 g/mol. The fourth-order valence-electron chi connectivity index (χ4n) is 1.42. The lowest BCUT2D eigenvalue weighted by Crippen LogP contribution is -2.03. The molecule has 3 nitrogen and oxygen atoms in total. The van der Waals surface area contributed by atoms with Crippen molar-refractivity contribution < 1.29 is 5.11 Å². The molecule has 3 heteroatoms. The number of hydrogen-bond donors (Lipinski definition) is 1. The zero-order valence-electron chi connectivity index (χ0n) is 8.24. The summed E-state index contributed by atoms with van der Waals surface area (Å²) in [5.41, 5.74) is 1.71. The van der Waals surface area contributed by atoms with E-state index >= 15 is 0 Å². The monoisotopic (exact) mass is 200 g/mol. The molecule has 2 rings (SSSR count). The highest BCUT2D eigenvalue weighted by atomic mass is 16.3. The van der Waals surface area contributed by atoms with E-state index in [1.54, 1.807) is 18.6 Å². The average Bonchev–Trinajstić information content (AvgIpc) is 2.31. The first kappa shape index (κ1) is 9.80. The predicted molar refractivity (Wildman–Crippen MR) is 57.1 cm³/mol. The zero-order valence-corrected chi connectivity index (χ0v) is 8.24. The van der Waals surface area contributed by atoms with E-state index in [4.69, 9.17) is 0 Å². The molecule has 2 aromatic heterocycles. The molecule has 0 aliphatic rings. The second-order valence-corrected chi connectivity index (χ2v) is 3.34. The summed E-state index contributed by atoms with van der Waals surface area (Å²) in [6, 6.07) is 9.33. The van der Waals surface area contributed by atoms with Gasteiger partial charge in [-0.2, -0.15) is 0 Å². The van der Waals surface area contributed by atoms with Crippen LogP contribution in [0.5, 0.6) is 0 Å². The molecule has 0 saturated carbocycles. The number of aliphatic hydroxyl groups excluding tert-OH is 1. The van der Waals surface area contributed by atoms with E-state index in [0.717, 1.165) is 5.56 Å². The van der Waals surface area contributed by atoms with Gasteiger partial charge in [0, 0.05) is 25.0 Å². The van der Waals surface area contributed by atoms with Crippen LogP contribution in [0.25, 0.3) is 0 Å². The van der Waals surface area contributed by atoms with Gasteiger partial charge in [0.25, 0.3) is 0 Å². The molecule has 1 N–H and O–H groups in total. The molecule has 0 aliphatic heterocycles. The van der Waals surface area contributed by atoms with Crippen LogP contribution in [0.2, 0.25) is 0 Å². The van der Waals surface area contributed by atoms with Crippen LogP contribution < -0.4 is 0 Å². The van der Waals surface area contributed by atoms with Gasteiger partial charge < -0.3 is 5.11 Å². The third kappa shape index (κ3) is 2.60. The molecule has 0 fully saturated rings. The summed E-state index contributed by atoms with van der Waals surface area (Å²) < 4.78 is 0. The minimum Gasteiger partial charge on any atom is -0.386 e. The van der Waals surface area contributed by atoms with Crippen LogP contribution in [-0.4, -0.2) is 15.1 Å². The van der Waals surface area contributed by atoms with Crippen LogP contribution in [0.1, 0.15) is 17.4 Å². The highest BCUT2D eigenvalue weighted by Gasteiger charge is 2.08. The van der Waals surface area contributed by atoms with Crippen molar-refractivity contribution in [2.45, 2.75) is 12.5 Å². The maximum atomic E-state index is 9.88. The molecule has 0 aromatic carbocycles. The Balaban J connectivity index is 2.08. The second kappa shape index (κ2) is 4.66. The lowest BCUT2D eigenvalue weighted by Gasteiger charge is -2.08. The lowest BCUT2D eigenvalue weighted by atomic mass is 10.1. The number of pyridine rings is 2. The number of aromatic nitrogens is 2. The molecule has 0 saturated heterocycles. The molecular weight excluding hydrogens is 188 g/mol. The van der Waals surface area contributed by atoms with Gasteiger partial charge in [0.1, 0.15) is 0 Å². The second-order valence-electron chi connectivity index (χ2n) is 3.34. The molecule has 15 heavy (non-hydrogen) atoms. The molecule has 0 aliphatic carbocycles. The van der Waals surface area contributed by atoms with Crippen LogP contribution in [0.4, 0.5) is 0 Å². The van der Waals surface area contributed by atoms with E-state index < -0.39 is 6.10 Å². The third-order valence-electron chi connectivity index (χ3n) is 2.18. The summed E-state index contributed by atoms with van der Waals surface area (Å²) in [7, 11) is 0. The van der Waals surface area contributed by atoms with E-state index in [-0.39, 0.29) is 0 Å². The summed E-state index contributed by atoms with van der Waals surface area (Å²) in [5.74, 6) is 0. The Morgan fingerprint density at radius 2 is 2.07 bits per heavy atom. The summed E-state index contributed by atoms with van der Waals surface area (Å²) >= 11 is 0. The Morgan fingerprint density at radius 3 is 2.73 bits per heavy atom. The molecule has 0 amide bonds. The van der Waals surface area contributed by atoms with Gasteiger partial charge in [-0.3, -0.25) is 9.97 Å². The van der Waals surface area contributed by atoms with Crippen LogP contribution >= 0.6 is 0 Å². The smallest absolute Gasteiger partial charge is 0.1000 e. The highest BCUT2D eigenvalue weighted by Crippen LogP contribution is 2.14. The van der Waals surface area contributed by atoms with Gasteiger partial charge >= 0.3 is 0 Å². The molecule has 76 valence electrons. The quantitative estimate of drug-likeness (QED) is 0.821. The van der Waals surface area contributed by atoms with Gasteiger partial charge in [0.2, 0.25) is 0 Å². The van der Waals surface area contributed by atoms with Crippen molar-refractivity contribution in [2.75, 3.05) is 0 Å². The number of hydrogen-bond acceptors (Lipinski definition) is 3. The van der Waals surface area contributed by atoms with E-state index in [1.807, 2.05) is 30.3 Å². The molecule has 0 bridgehead atoms. The molecule has 1 unspecified atom stereocenters. The number of nitrogens with zero attached hydrogens (tertiary/aromatic N) is 2. The molecular formula is C12H12N2O. The molecule has 1 atom stereocenters. The lowest BCUT2D eigenvalue weighted by molar-refractivity contribution is 0.173. The molecule has 2 aromatic rings. The minimum absolute atomic E-state index is 0.546. The van der Waals surface area contributed by atoms with E-state index in [1.165, 1.54) is 0 Å². The summed E-state index contributed by atoms with van der Waals surface area (Å²) in [5, 5.41) is 9.88. The zero-order chi connectivity index (χ0) is 10.5. The van der Waals surface area contributed by atoms with Gasteiger partial charge in [-0.15, -0.1) is 0 Å². The number of rotatable bonds is 3. The van der Waals surface area contributed by atoms with E-state index in [0.29, 0.717) is 12.1 Å². The van der Waals surface area contributed by atoms with Gasteiger partial charge in [-0.1, -0.05) is 12.1 Å². The molecule has 0 radical (unpaired) electrons. The van der Waals surface area contributed by atoms with Gasteiger partial charge in [0.15, 0.2) is 0 Å². The molecule has 2 heterocycles. The van der Waals surface area contributed by atoms with Crippen LogP contribution in [0.3, 0.4) is 0 Å². The van der Waals surface area contributed by atoms with Crippen molar-refractivity contribution in [1.29, 1.82) is 0 Å². The SMILES string of the molecule is OC(Cc1cccnc1)c1ccccn1. The van der Waals surface area contributed by atoms with Crippen LogP contribution in [-0.2, 0) is 6.42 Å². The number of aliphatic hydroxyl groups is 1. The summed E-state index contributed by atoms with van der Waals surface area (Å²) in [6.07, 6.45) is 5.14. The largest absolute Gasteiger partial charge is 0.386 e. The van der Waals surface area contributed by atoms with E-state index in [2.05, 4.69) is 9.97 Å². The minimum atomic E-state index is -0.560. The first-order valence-corrected chi connectivity index (χ1v) is 4.84. The highest BCUT2D eigenvalue weighted by molar-refractivity contribution is 5.14. The maximum Gasteiger partial charge on any atom is 0.1000 e. The Morgan fingerprint density at radius 1 is 1.13 bits per heavy atom. The fraction of sp³-hybridized carbons (Fsp3) is 0.167. The van der Waals surface area contributed by atoms with Gasteiger partial charge in [-0.25, -0.2) is 0 Å². The van der Waals surface area contributed by atoms with Gasteiger partial charge in [0.05, 0.1) is 11.8 Å². The van der Waals surface area contributed by atoms with Crippen LogP contribution in [0.15, 0.2) is 48.9 Å². The first-order chi connectivity index (χ1) is 7.36. The molecule has 0 spiro atoms. The third-order valence-corrected chi connectivity index (χ3v) is 2.18. The summed E-state index contributed by atoms with van der Waals surface area (Å²) in [6.45, 7) is 0. The predicted octanol–water partition coefficient (Wildman–Crippen LogP) is 1.75. The maximum absolute atomic E-state index is 9.88. The Labute approximate surface area is 88.5 Å². The van der Waals surface area contributed by atoms with Crippen molar-refractivity contribution in [2.24, 2.45) is 0 Å².